The Morgan fingerprint density at radius 2 is 1.88 bits per heavy atom. The maximum atomic E-state index is 5.79. The van der Waals surface area contributed by atoms with E-state index in [0.717, 1.165) is 31.4 Å². The van der Waals surface area contributed by atoms with Gasteiger partial charge in [-0.2, -0.15) is 0 Å². The molecule has 1 saturated carbocycles. The van der Waals surface area contributed by atoms with Crippen molar-refractivity contribution in [2.24, 2.45) is 0 Å². The quantitative estimate of drug-likeness (QED) is 0.813. The molecular weight excluding hydrogens is 210 g/mol. The van der Waals surface area contributed by atoms with Crippen LogP contribution in [0.5, 0.6) is 5.75 Å². The normalized spacial score (nSPS) is 15.0. The molecule has 0 aliphatic heterocycles. The third kappa shape index (κ3) is 3.47. The van der Waals surface area contributed by atoms with Crippen molar-refractivity contribution in [3.63, 3.8) is 0 Å². The third-order valence-electron chi connectivity index (χ3n) is 3.14. The lowest BCUT2D eigenvalue weighted by Gasteiger charge is -2.14. The minimum atomic E-state index is 0.770. The van der Waals surface area contributed by atoms with Crippen molar-refractivity contribution in [2.45, 2.75) is 52.6 Å². The van der Waals surface area contributed by atoms with Gasteiger partial charge in [0.1, 0.15) is 5.75 Å². The topological polar surface area (TPSA) is 21.3 Å². The molecular formula is C15H23NO. The SMILES string of the molecule is CCCOc1c(C)cc(CNC2CC2)cc1C. The highest BCUT2D eigenvalue weighted by atomic mass is 16.5. The minimum Gasteiger partial charge on any atom is -0.493 e. The van der Waals surface area contributed by atoms with Crippen molar-refractivity contribution in [3.8, 4) is 5.75 Å². The Morgan fingerprint density at radius 3 is 2.41 bits per heavy atom. The number of hydrogen-bond acceptors (Lipinski definition) is 2. The monoisotopic (exact) mass is 233 g/mol. The van der Waals surface area contributed by atoms with Crippen LogP contribution in [0.4, 0.5) is 0 Å². The molecule has 0 amide bonds. The summed E-state index contributed by atoms with van der Waals surface area (Å²) in [5, 5.41) is 3.55. The average Bonchev–Trinajstić information content (AvgIpc) is 3.09. The zero-order valence-corrected chi connectivity index (χ0v) is 11.2. The Balaban J connectivity index is 2.03. The van der Waals surface area contributed by atoms with E-state index in [1.165, 1.54) is 29.5 Å². The number of hydrogen-bond donors (Lipinski definition) is 1. The van der Waals surface area contributed by atoms with Gasteiger partial charge in [-0.3, -0.25) is 0 Å². The van der Waals surface area contributed by atoms with Crippen LogP contribution in [0, 0.1) is 13.8 Å². The number of aryl methyl sites for hydroxylation is 2. The first kappa shape index (κ1) is 12.4. The summed E-state index contributed by atoms with van der Waals surface area (Å²) in [6.45, 7) is 8.21. The molecule has 0 saturated heterocycles. The molecule has 0 heterocycles. The second-order valence-corrected chi connectivity index (χ2v) is 5.06. The first-order chi connectivity index (χ1) is 8.20. The molecule has 0 atom stereocenters. The summed E-state index contributed by atoms with van der Waals surface area (Å²) >= 11 is 0. The van der Waals surface area contributed by atoms with Crippen LogP contribution in [-0.2, 0) is 6.54 Å². The summed E-state index contributed by atoms with van der Waals surface area (Å²) in [5.74, 6) is 1.07. The zero-order valence-electron chi connectivity index (χ0n) is 11.2. The van der Waals surface area contributed by atoms with Crippen molar-refractivity contribution in [1.29, 1.82) is 0 Å². The van der Waals surface area contributed by atoms with E-state index in [1.807, 2.05) is 0 Å². The number of benzene rings is 1. The molecule has 17 heavy (non-hydrogen) atoms. The van der Waals surface area contributed by atoms with Crippen LogP contribution in [-0.4, -0.2) is 12.6 Å². The van der Waals surface area contributed by atoms with Gasteiger partial charge in [0.15, 0.2) is 0 Å². The van der Waals surface area contributed by atoms with Gasteiger partial charge in [-0.1, -0.05) is 19.1 Å². The van der Waals surface area contributed by atoms with Gasteiger partial charge in [-0.05, 0) is 49.8 Å². The Labute approximate surface area is 104 Å². The summed E-state index contributed by atoms with van der Waals surface area (Å²) in [7, 11) is 0. The number of ether oxygens (including phenoxy) is 1. The standard InChI is InChI=1S/C15H23NO/c1-4-7-17-15-11(2)8-13(9-12(15)3)10-16-14-5-6-14/h8-9,14,16H,4-7,10H2,1-3H3. The zero-order chi connectivity index (χ0) is 12.3. The summed E-state index contributed by atoms with van der Waals surface area (Å²) in [6.07, 6.45) is 3.75. The number of nitrogens with one attached hydrogen (secondary N) is 1. The van der Waals surface area contributed by atoms with Crippen LogP contribution in [0.2, 0.25) is 0 Å². The molecule has 94 valence electrons. The van der Waals surface area contributed by atoms with E-state index in [0.29, 0.717) is 0 Å². The molecule has 2 heteroatoms. The highest BCUT2D eigenvalue weighted by Crippen LogP contribution is 2.26. The van der Waals surface area contributed by atoms with E-state index in [9.17, 15) is 0 Å². The van der Waals surface area contributed by atoms with Crippen LogP contribution in [0.3, 0.4) is 0 Å². The predicted molar refractivity (Wildman–Crippen MR) is 71.6 cm³/mol. The van der Waals surface area contributed by atoms with E-state index in [1.54, 1.807) is 0 Å². The van der Waals surface area contributed by atoms with Crippen molar-refractivity contribution >= 4 is 0 Å². The average molecular weight is 233 g/mol. The second kappa shape index (κ2) is 5.54. The lowest BCUT2D eigenvalue weighted by molar-refractivity contribution is 0.313. The van der Waals surface area contributed by atoms with Crippen LogP contribution in [0.15, 0.2) is 12.1 Å². The highest BCUT2D eigenvalue weighted by Gasteiger charge is 2.20. The van der Waals surface area contributed by atoms with Crippen molar-refractivity contribution < 1.29 is 4.74 Å². The van der Waals surface area contributed by atoms with Gasteiger partial charge in [0, 0.05) is 12.6 Å². The van der Waals surface area contributed by atoms with E-state index in [4.69, 9.17) is 4.74 Å². The summed E-state index contributed by atoms with van der Waals surface area (Å²) in [4.78, 5) is 0. The van der Waals surface area contributed by atoms with Gasteiger partial charge < -0.3 is 10.1 Å². The van der Waals surface area contributed by atoms with Crippen LogP contribution < -0.4 is 10.1 Å². The second-order valence-electron chi connectivity index (χ2n) is 5.06. The van der Waals surface area contributed by atoms with E-state index >= 15 is 0 Å². The van der Waals surface area contributed by atoms with Gasteiger partial charge in [0.25, 0.3) is 0 Å². The summed E-state index contributed by atoms with van der Waals surface area (Å²) in [6, 6.07) is 5.26. The summed E-state index contributed by atoms with van der Waals surface area (Å²) < 4.78 is 5.79. The molecule has 2 nitrogen and oxygen atoms in total. The largest absolute Gasteiger partial charge is 0.493 e. The Bertz CT molecular complexity index is 360. The maximum absolute atomic E-state index is 5.79. The fourth-order valence-electron chi connectivity index (χ4n) is 2.12. The maximum Gasteiger partial charge on any atom is 0.125 e. The van der Waals surface area contributed by atoms with Crippen LogP contribution in [0.25, 0.3) is 0 Å². The van der Waals surface area contributed by atoms with E-state index in [-0.39, 0.29) is 0 Å². The predicted octanol–water partition coefficient (Wildman–Crippen LogP) is 3.34. The van der Waals surface area contributed by atoms with Gasteiger partial charge in [0.2, 0.25) is 0 Å². The molecule has 1 aliphatic carbocycles. The van der Waals surface area contributed by atoms with Crippen molar-refractivity contribution in [2.75, 3.05) is 6.61 Å². The van der Waals surface area contributed by atoms with Crippen LogP contribution in [0.1, 0.15) is 42.9 Å². The van der Waals surface area contributed by atoms with Crippen molar-refractivity contribution in [3.05, 3.63) is 28.8 Å². The first-order valence-electron chi connectivity index (χ1n) is 6.67. The lowest BCUT2D eigenvalue weighted by Crippen LogP contribution is -2.15. The number of rotatable bonds is 6. The van der Waals surface area contributed by atoms with Crippen LogP contribution >= 0.6 is 0 Å². The minimum absolute atomic E-state index is 0.770. The molecule has 0 aromatic heterocycles. The molecule has 2 rings (SSSR count). The molecule has 1 aromatic carbocycles. The Kier molecular flexibility index (Phi) is 4.06. The van der Waals surface area contributed by atoms with E-state index < -0.39 is 0 Å². The highest BCUT2D eigenvalue weighted by molar-refractivity contribution is 5.43. The van der Waals surface area contributed by atoms with Gasteiger partial charge >= 0.3 is 0 Å². The molecule has 1 aromatic rings. The van der Waals surface area contributed by atoms with Gasteiger partial charge in [0.05, 0.1) is 6.61 Å². The first-order valence-corrected chi connectivity index (χ1v) is 6.67. The molecule has 0 radical (unpaired) electrons. The molecule has 1 aliphatic rings. The Hall–Kier alpha value is -1.02. The molecule has 1 N–H and O–H groups in total. The lowest BCUT2D eigenvalue weighted by atomic mass is 10.1. The fourth-order valence-corrected chi connectivity index (χ4v) is 2.12. The molecule has 1 fully saturated rings. The fraction of sp³-hybridized carbons (Fsp3) is 0.600. The van der Waals surface area contributed by atoms with Gasteiger partial charge in [-0.25, -0.2) is 0 Å². The van der Waals surface area contributed by atoms with Crippen molar-refractivity contribution in [1.82, 2.24) is 5.32 Å². The smallest absolute Gasteiger partial charge is 0.125 e. The molecule has 0 spiro atoms. The third-order valence-corrected chi connectivity index (χ3v) is 3.14. The molecule has 0 unspecified atom stereocenters. The van der Waals surface area contributed by atoms with Gasteiger partial charge in [-0.15, -0.1) is 0 Å². The Morgan fingerprint density at radius 1 is 1.24 bits per heavy atom. The van der Waals surface area contributed by atoms with E-state index in [2.05, 4.69) is 38.2 Å². The summed E-state index contributed by atoms with van der Waals surface area (Å²) in [5.41, 5.74) is 3.88. The molecule has 0 bridgehead atoms.